The predicted molar refractivity (Wildman–Crippen MR) is 69.4 cm³/mol. The summed E-state index contributed by atoms with van der Waals surface area (Å²) in [6.45, 7) is 5.57. The highest BCUT2D eigenvalue weighted by Gasteiger charge is 2.07. The number of halogens is 1. The van der Waals surface area contributed by atoms with E-state index in [9.17, 15) is 0 Å². The summed E-state index contributed by atoms with van der Waals surface area (Å²) >= 11 is 6.03. The summed E-state index contributed by atoms with van der Waals surface area (Å²) in [7, 11) is 1.64. The Bertz CT molecular complexity index is 355. The topological polar surface area (TPSA) is 47.3 Å². The van der Waals surface area contributed by atoms with E-state index in [1.54, 1.807) is 7.11 Å². The van der Waals surface area contributed by atoms with Crippen molar-refractivity contribution in [3.8, 4) is 5.75 Å². The summed E-state index contributed by atoms with van der Waals surface area (Å²) in [5, 5.41) is 4.04. The molecule has 0 aliphatic rings. The molecule has 90 valence electrons. The first-order chi connectivity index (χ1) is 7.58. The molecule has 16 heavy (non-hydrogen) atoms. The minimum Gasteiger partial charge on any atom is -0.495 e. The van der Waals surface area contributed by atoms with E-state index in [0.29, 0.717) is 17.5 Å². The van der Waals surface area contributed by atoms with Gasteiger partial charge in [0.15, 0.2) is 0 Å². The second-order valence-corrected chi connectivity index (χ2v) is 4.43. The molecule has 0 heterocycles. The molecular formula is C12H19ClN2O. The molecular weight excluding hydrogens is 224 g/mol. The van der Waals surface area contributed by atoms with Crippen molar-refractivity contribution in [1.82, 2.24) is 0 Å². The number of benzene rings is 1. The molecule has 0 radical (unpaired) electrons. The average Bonchev–Trinajstić information content (AvgIpc) is 2.29. The van der Waals surface area contributed by atoms with Crippen LogP contribution in [-0.4, -0.2) is 20.2 Å². The molecule has 3 nitrogen and oxygen atoms in total. The fraction of sp³-hybridized carbons (Fsp3) is 0.500. The van der Waals surface area contributed by atoms with Crippen molar-refractivity contribution in [2.24, 2.45) is 11.7 Å². The van der Waals surface area contributed by atoms with Gasteiger partial charge in [-0.2, -0.15) is 0 Å². The number of hydrogen-bond donors (Lipinski definition) is 2. The Morgan fingerprint density at radius 1 is 1.50 bits per heavy atom. The third kappa shape index (κ3) is 3.29. The Hall–Kier alpha value is -0.930. The molecule has 0 fully saturated rings. The van der Waals surface area contributed by atoms with Crippen molar-refractivity contribution in [3.63, 3.8) is 0 Å². The van der Waals surface area contributed by atoms with E-state index in [2.05, 4.69) is 12.2 Å². The third-order valence-electron chi connectivity index (χ3n) is 2.52. The smallest absolute Gasteiger partial charge is 0.143 e. The average molecular weight is 243 g/mol. The van der Waals surface area contributed by atoms with Crippen LogP contribution in [0.1, 0.15) is 12.5 Å². The van der Waals surface area contributed by atoms with Gasteiger partial charge in [-0.05, 0) is 31.0 Å². The zero-order chi connectivity index (χ0) is 12.1. The standard InChI is InChI=1S/C12H19ClN2O/c1-8(6-14)7-15-11-4-9(2)10(13)5-12(11)16-3/h4-5,8,15H,6-7,14H2,1-3H3. The van der Waals surface area contributed by atoms with Crippen LogP contribution in [0, 0.1) is 12.8 Å². The normalized spacial score (nSPS) is 12.3. The first-order valence-electron chi connectivity index (χ1n) is 5.36. The molecule has 1 aromatic carbocycles. The quantitative estimate of drug-likeness (QED) is 0.835. The highest BCUT2D eigenvalue weighted by molar-refractivity contribution is 6.31. The summed E-state index contributed by atoms with van der Waals surface area (Å²) in [5.74, 6) is 1.19. The summed E-state index contributed by atoms with van der Waals surface area (Å²) in [6, 6.07) is 3.82. The van der Waals surface area contributed by atoms with Crippen LogP contribution in [0.15, 0.2) is 12.1 Å². The number of methoxy groups -OCH3 is 1. The molecule has 0 amide bonds. The number of hydrogen-bond acceptors (Lipinski definition) is 3. The van der Waals surface area contributed by atoms with Gasteiger partial charge in [-0.25, -0.2) is 0 Å². The van der Waals surface area contributed by atoms with Crippen LogP contribution in [0.4, 0.5) is 5.69 Å². The summed E-state index contributed by atoms with van der Waals surface area (Å²) in [4.78, 5) is 0. The van der Waals surface area contributed by atoms with E-state index < -0.39 is 0 Å². The van der Waals surface area contributed by atoms with Crippen molar-refractivity contribution >= 4 is 17.3 Å². The minimum atomic E-state index is 0.431. The lowest BCUT2D eigenvalue weighted by Gasteiger charge is -2.15. The Morgan fingerprint density at radius 3 is 2.75 bits per heavy atom. The Labute approximate surface area is 102 Å². The maximum atomic E-state index is 6.03. The summed E-state index contributed by atoms with van der Waals surface area (Å²) in [5.41, 5.74) is 7.56. The molecule has 0 saturated heterocycles. The second kappa shape index (κ2) is 5.97. The summed E-state index contributed by atoms with van der Waals surface area (Å²) < 4.78 is 5.27. The third-order valence-corrected chi connectivity index (χ3v) is 2.93. The first-order valence-corrected chi connectivity index (χ1v) is 5.74. The number of anilines is 1. The van der Waals surface area contributed by atoms with E-state index in [-0.39, 0.29) is 0 Å². The molecule has 1 rings (SSSR count). The molecule has 4 heteroatoms. The van der Waals surface area contributed by atoms with E-state index in [1.165, 1.54) is 0 Å². The van der Waals surface area contributed by atoms with Crippen LogP contribution in [0.3, 0.4) is 0 Å². The van der Waals surface area contributed by atoms with Crippen LogP contribution in [-0.2, 0) is 0 Å². The van der Waals surface area contributed by atoms with Gasteiger partial charge in [0.1, 0.15) is 5.75 Å². The largest absolute Gasteiger partial charge is 0.495 e. The van der Waals surface area contributed by atoms with Gasteiger partial charge in [-0.3, -0.25) is 0 Å². The van der Waals surface area contributed by atoms with Gasteiger partial charge in [0.2, 0.25) is 0 Å². The Morgan fingerprint density at radius 2 is 2.19 bits per heavy atom. The molecule has 0 aliphatic heterocycles. The predicted octanol–water partition coefficient (Wildman–Crippen LogP) is 2.66. The Kier molecular flexibility index (Phi) is 4.90. The second-order valence-electron chi connectivity index (χ2n) is 4.02. The van der Waals surface area contributed by atoms with E-state index in [1.807, 2.05) is 19.1 Å². The molecule has 1 aromatic rings. The van der Waals surface area contributed by atoms with E-state index >= 15 is 0 Å². The maximum Gasteiger partial charge on any atom is 0.143 e. The number of aryl methyl sites for hydroxylation is 1. The van der Waals surface area contributed by atoms with Crippen LogP contribution in [0.5, 0.6) is 5.75 Å². The zero-order valence-electron chi connectivity index (χ0n) is 10.0. The molecule has 0 bridgehead atoms. The molecule has 0 saturated carbocycles. The highest BCUT2D eigenvalue weighted by Crippen LogP contribution is 2.30. The molecule has 0 aliphatic carbocycles. The van der Waals surface area contributed by atoms with E-state index in [4.69, 9.17) is 22.1 Å². The monoisotopic (exact) mass is 242 g/mol. The zero-order valence-corrected chi connectivity index (χ0v) is 10.8. The van der Waals surface area contributed by atoms with Crippen LogP contribution in [0.2, 0.25) is 5.02 Å². The fourth-order valence-electron chi connectivity index (χ4n) is 1.34. The van der Waals surface area contributed by atoms with Gasteiger partial charge in [0.05, 0.1) is 12.8 Å². The maximum absolute atomic E-state index is 6.03. The molecule has 0 aromatic heterocycles. The van der Waals surface area contributed by atoms with Gasteiger partial charge in [0.25, 0.3) is 0 Å². The fourth-order valence-corrected chi connectivity index (χ4v) is 1.49. The van der Waals surface area contributed by atoms with Crippen molar-refractivity contribution in [2.45, 2.75) is 13.8 Å². The van der Waals surface area contributed by atoms with Gasteiger partial charge in [0, 0.05) is 17.6 Å². The molecule has 0 spiro atoms. The van der Waals surface area contributed by atoms with Gasteiger partial charge in [-0.1, -0.05) is 18.5 Å². The number of ether oxygens (including phenoxy) is 1. The minimum absolute atomic E-state index is 0.431. The van der Waals surface area contributed by atoms with Gasteiger partial charge in [-0.15, -0.1) is 0 Å². The van der Waals surface area contributed by atoms with E-state index in [0.717, 1.165) is 23.5 Å². The van der Waals surface area contributed by atoms with Crippen molar-refractivity contribution in [3.05, 3.63) is 22.7 Å². The van der Waals surface area contributed by atoms with Crippen molar-refractivity contribution in [1.29, 1.82) is 0 Å². The van der Waals surface area contributed by atoms with Crippen molar-refractivity contribution < 1.29 is 4.74 Å². The molecule has 3 N–H and O–H groups in total. The van der Waals surface area contributed by atoms with Crippen molar-refractivity contribution in [2.75, 3.05) is 25.5 Å². The SMILES string of the molecule is COc1cc(Cl)c(C)cc1NCC(C)CN. The number of rotatable bonds is 5. The van der Waals surface area contributed by atoms with Crippen LogP contribution in [0.25, 0.3) is 0 Å². The number of nitrogens with two attached hydrogens (primary N) is 1. The Balaban J connectivity index is 2.81. The number of nitrogens with one attached hydrogen (secondary N) is 1. The van der Waals surface area contributed by atoms with Gasteiger partial charge < -0.3 is 15.8 Å². The summed E-state index contributed by atoms with van der Waals surface area (Å²) in [6.07, 6.45) is 0. The highest BCUT2D eigenvalue weighted by atomic mass is 35.5. The lowest BCUT2D eigenvalue weighted by atomic mass is 10.1. The lowest BCUT2D eigenvalue weighted by molar-refractivity contribution is 0.416. The van der Waals surface area contributed by atoms with Crippen LogP contribution >= 0.6 is 11.6 Å². The molecule has 1 atom stereocenters. The van der Waals surface area contributed by atoms with Crippen LogP contribution < -0.4 is 15.8 Å². The van der Waals surface area contributed by atoms with Gasteiger partial charge >= 0.3 is 0 Å². The molecule has 1 unspecified atom stereocenters. The lowest BCUT2D eigenvalue weighted by Crippen LogP contribution is -2.20. The first kappa shape index (κ1) is 13.1.